The van der Waals surface area contributed by atoms with Crippen LogP contribution in [0.5, 0.6) is 0 Å². The second-order valence-corrected chi connectivity index (χ2v) is 3.61. The molecule has 0 aromatic heterocycles. The van der Waals surface area contributed by atoms with Gasteiger partial charge in [-0.05, 0) is 5.92 Å². The average Bonchev–Trinajstić information content (AvgIpc) is 2.02. The van der Waals surface area contributed by atoms with E-state index in [9.17, 15) is 0 Å². The molecule has 2 unspecified atom stereocenters. The van der Waals surface area contributed by atoms with Crippen LogP contribution in [-0.2, 0) is 0 Å². The molecular weight excluding hydrogens is 144 g/mol. The largest absolute Gasteiger partial charge is 0.120 e. The van der Waals surface area contributed by atoms with E-state index in [0.717, 1.165) is 6.42 Å². The fourth-order valence-corrected chi connectivity index (χ4v) is 0.765. The summed E-state index contributed by atoms with van der Waals surface area (Å²) in [6.45, 7) is 8.42. The first kappa shape index (κ1) is 11.1. The maximum Gasteiger partial charge on any atom is 0.0206 e. The van der Waals surface area contributed by atoms with E-state index in [0.29, 0.717) is 17.8 Å². The minimum absolute atomic E-state index is 0.339. The fourth-order valence-electron chi connectivity index (χ4n) is 0.765. The number of hydrogen-bond acceptors (Lipinski definition) is 0. The lowest BCUT2D eigenvalue weighted by Gasteiger charge is -2.09. The first-order valence-corrected chi connectivity index (χ1v) is 4.52. The lowest BCUT2D eigenvalue weighted by Crippen LogP contribution is -2.04. The zero-order chi connectivity index (χ0) is 9.56. The van der Waals surface area contributed by atoms with Crippen molar-refractivity contribution in [1.82, 2.24) is 0 Å². The van der Waals surface area contributed by atoms with E-state index < -0.39 is 0 Å². The van der Waals surface area contributed by atoms with Gasteiger partial charge in [0.15, 0.2) is 0 Å². The van der Waals surface area contributed by atoms with Crippen molar-refractivity contribution in [2.24, 2.45) is 17.8 Å². The third kappa shape index (κ3) is 4.86. The summed E-state index contributed by atoms with van der Waals surface area (Å²) in [6, 6.07) is 0. The van der Waals surface area contributed by atoms with Crippen LogP contribution in [0.4, 0.5) is 0 Å². The average molecular weight is 162 g/mol. The summed E-state index contributed by atoms with van der Waals surface area (Å²) in [6.07, 6.45) is 6.23. The highest BCUT2D eigenvalue weighted by Gasteiger charge is 2.06. The van der Waals surface area contributed by atoms with Gasteiger partial charge in [0.2, 0.25) is 0 Å². The molecule has 0 rings (SSSR count). The highest BCUT2D eigenvalue weighted by Crippen LogP contribution is 2.12. The smallest absolute Gasteiger partial charge is 0.0206 e. The predicted octanol–water partition coefficient (Wildman–Crippen LogP) is 2.94. The van der Waals surface area contributed by atoms with Gasteiger partial charge in [0, 0.05) is 18.3 Å². The topological polar surface area (TPSA) is 0 Å². The molecule has 0 bridgehead atoms. The molecule has 0 aliphatic rings. The molecule has 0 heterocycles. The molecule has 0 nitrogen and oxygen atoms in total. The molecule has 0 saturated carbocycles. The zero-order valence-electron chi connectivity index (χ0n) is 8.52. The van der Waals surface area contributed by atoms with Crippen molar-refractivity contribution in [2.45, 2.75) is 34.1 Å². The van der Waals surface area contributed by atoms with Crippen LogP contribution in [0.25, 0.3) is 0 Å². The molecule has 12 heavy (non-hydrogen) atoms. The third-order valence-electron chi connectivity index (χ3n) is 1.93. The quantitative estimate of drug-likeness (QED) is 0.548. The molecule has 0 aromatic carbocycles. The summed E-state index contributed by atoms with van der Waals surface area (Å²) in [5.74, 6) is 10.4. The van der Waals surface area contributed by atoms with Gasteiger partial charge in [0.05, 0.1) is 0 Å². The van der Waals surface area contributed by atoms with Crippen LogP contribution in [0.2, 0.25) is 0 Å². The maximum atomic E-state index is 5.31. The van der Waals surface area contributed by atoms with Crippen molar-refractivity contribution in [3.63, 3.8) is 0 Å². The fraction of sp³-hybridized carbons (Fsp3) is 0.667. The SMILES string of the molecule is C#CC(C)C(C)CC#CC(C)C. The Kier molecular flexibility index (Phi) is 5.31. The summed E-state index contributed by atoms with van der Waals surface area (Å²) in [4.78, 5) is 0. The van der Waals surface area contributed by atoms with E-state index in [1.807, 2.05) is 0 Å². The van der Waals surface area contributed by atoms with E-state index >= 15 is 0 Å². The van der Waals surface area contributed by atoms with E-state index in [2.05, 4.69) is 45.5 Å². The van der Waals surface area contributed by atoms with Crippen LogP contribution in [-0.4, -0.2) is 0 Å². The third-order valence-corrected chi connectivity index (χ3v) is 1.93. The lowest BCUT2D eigenvalue weighted by molar-refractivity contribution is 0.485. The molecule has 66 valence electrons. The molecule has 0 amide bonds. The Balaban J connectivity index is 3.82. The van der Waals surface area contributed by atoms with Gasteiger partial charge in [-0.25, -0.2) is 0 Å². The minimum Gasteiger partial charge on any atom is -0.120 e. The van der Waals surface area contributed by atoms with Gasteiger partial charge in [-0.2, -0.15) is 0 Å². The number of rotatable bonds is 2. The number of hydrogen-bond donors (Lipinski definition) is 0. The van der Waals surface area contributed by atoms with Gasteiger partial charge < -0.3 is 0 Å². The predicted molar refractivity (Wildman–Crippen MR) is 54.4 cm³/mol. The van der Waals surface area contributed by atoms with Gasteiger partial charge in [0.1, 0.15) is 0 Å². The van der Waals surface area contributed by atoms with Gasteiger partial charge in [0.25, 0.3) is 0 Å². The molecule has 0 aliphatic carbocycles. The van der Waals surface area contributed by atoms with Crippen LogP contribution in [0.3, 0.4) is 0 Å². The molecule has 2 atom stereocenters. The second-order valence-electron chi connectivity index (χ2n) is 3.61. The number of terminal acetylenes is 1. The first-order chi connectivity index (χ1) is 5.57. The summed E-state index contributed by atoms with van der Waals surface area (Å²) in [7, 11) is 0. The molecule has 0 aliphatic heterocycles. The van der Waals surface area contributed by atoms with Crippen molar-refractivity contribution in [3.8, 4) is 24.2 Å². The molecule has 0 aromatic rings. The molecule has 0 N–H and O–H groups in total. The van der Waals surface area contributed by atoms with E-state index in [1.54, 1.807) is 0 Å². The Labute approximate surface area is 76.8 Å². The standard InChI is InChI=1S/C12H18/c1-6-11(4)12(5)9-7-8-10(2)3/h1,10-12H,9H2,2-5H3. The Morgan fingerprint density at radius 3 is 2.17 bits per heavy atom. The van der Waals surface area contributed by atoms with Gasteiger partial charge in [-0.15, -0.1) is 24.2 Å². The van der Waals surface area contributed by atoms with Gasteiger partial charge in [-0.3, -0.25) is 0 Å². The molecule has 0 fully saturated rings. The highest BCUT2D eigenvalue weighted by molar-refractivity contribution is 5.04. The highest BCUT2D eigenvalue weighted by atomic mass is 14.1. The lowest BCUT2D eigenvalue weighted by atomic mass is 9.94. The van der Waals surface area contributed by atoms with E-state index in [1.165, 1.54) is 0 Å². The normalized spacial score (nSPS) is 14.3. The van der Waals surface area contributed by atoms with Crippen molar-refractivity contribution in [1.29, 1.82) is 0 Å². The van der Waals surface area contributed by atoms with Crippen molar-refractivity contribution in [3.05, 3.63) is 0 Å². The Morgan fingerprint density at radius 2 is 1.75 bits per heavy atom. The van der Waals surface area contributed by atoms with Crippen LogP contribution in [0, 0.1) is 41.9 Å². The second kappa shape index (κ2) is 5.73. The summed E-state index contributed by atoms with van der Waals surface area (Å²) < 4.78 is 0. The van der Waals surface area contributed by atoms with Crippen LogP contribution >= 0.6 is 0 Å². The minimum atomic E-state index is 0.339. The monoisotopic (exact) mass is 162 g/mol. The Bertz CT molecular complexity index is 206. The van der Waals surface area contributed by atoms with Crippen LogP contribution < -0.4 is 0 Å². The van der Waals surface area contributed by atoms with Crippen molar-refractivity contribution < 1.29 is 0 Å². The van der Waals surface area contributed by atoms with Crippen LogP contribution in [0.1, 0.15) is 34.1 Å². The molecule has 0 radical (unpaired) electrons. The first-order valence-electron chi connectivity index (χ1n) is 4.52. The Hall–Kier alpha value is -0.880. The molecule has 0 spiro atoms. The molecule has 0 saturated heterocycles. The molecular formula is C12H18. The Morgan fingerprint density at radius 1 is 1.17 bits per heavy atom. The van der Waals surface area contributed by atoms with Crippen molar-refractivity contribution in [2.75, 3.05) is 0 Å². The van der Waals surface area contributed by atoms with E-state index in [4.69, 9.17) is 6.42 Å². The van der Waals surface area contributed by atoms with Gasteiger partial charge >= 0.3 is 0 Å². The summed E-state index contributed by atoms with van der Waals surface area (Å²) in [5, 5.41) is 0. The van der Waals surface area contributed by atoms with Crippen molar-refractivity contribution >= 4 is 0 Å². The maximum absolute atomic E-state index is 5.31. The zero-order valence-corrected chi connectivity index (χ0v) is 8.52. The summed E-state index contributed by atoms with van der Waals surface area (Å²) in [5.41, 5.74) is 0. The summed E-state index contributed by atoms with van der Waals surface area (Å²) >= 11 is 0. The van der Waals surface area contributed by atoms with Gasteiger partial charge in [-0.1, -0.05) is 27.7 Å². The van der Waals surface area contributed by atoms with Crippen LogP contribution in [0.15, 0.2) is 0 Å². The van der Waals surface area contributed by atoms with E-state index in [-0.39, 0.29) is 0 Å². The molecule has 0 heteroatoms.